The number of aryl methyl sites for hydroxylation is 1. The van der Waals surface area contributed by atoms with Gasteiger partial charge in [-0.3, -0.25) is 9.69 Å². The Morgan fingerprint density at radius 1 is 1.42 bits per heavy atom. The summed E-state index contributed by atoms with van der Waals surface area (Å²) in [5.74, 6) is -0.553. The van der Waals surface area contributed by atoms with Gasteiger partial charge in [-0.25, -0.2) is 0 Å². The standard InChI is InChI=1S/C19H24N2O3/c1-2-21-7-5-15-9-14(3-4-17(15)21)10-20-11-16-12-24-8-6-19(16,13-20)18(22)23/h3-5,7,9,16H,2,6,8,10-13H2,1H3,(H,22,23)/t16-,19+/m1/s1. The Kier molecular flexibility index (Phi) is 3.85. The Labute approximate surface area is 141 Å². The fraction of sp³-hybridized carbons (Fsp3) is 0.526. The Morgan fingerprint density at radius 2 is 2.29 bits per heavy atom. The van der Waals surface area contributed by atoms with E-state index in [2.05, 4.69) is 46.9 Å². The SMILES string of the molecule is CCn1ccc2cc(CN3C[C@@H]4COCC[C@]4(C(=O)O)C3)ccc21. The van der Waals surface area contributed by atoms with Crippen LogP contribution in [0.5, 0.6) is 0 Å². The first kappa shape index (κ1) is 15.7. The van der Waals surface area contributed by atoms with E-state index in [9.17, 15) is 9.90 Å². The molecule has 1 N–H and O–H groups in total. The molecule has 0 bridgehead atoms. The summed E-state index contributed by atoms with van der Waals surface area (Å²) in [5.41, 5.74) is 1.89. The molecule has 2 fully saturated rings. The van der Waals surface area contributed by atoms with Crippen molar-refractivity contribution in [3.63, 3.8) is 0 Å². The lowest BCUT2D eigenvalue weighted by Gasteiger charge is -2.34. The van der Waals surface area contributed by atoms with Crippen LogP contribution in [-0.2, 0) is 22.6 Å². The molecular weight excluding hydrogens is 304 g/mol. The molecular formula is C19H24N2O3. The lowest BCUT2D eigenvalue weighted by molar-refractivity contribution is -0.157. The van der Waals surface area contributed by atoms with Gasteiger partial charge in [-0.05, 0) is 42.5 Å². The highest BCUT2D eigenvalue weighted by Gasteiger charge is 2.53. The minimum atomic E-state index is -0.659. The number of aliphatic carboxylic acids is 1. The second kappa shape index (κ2) is 5.90. The summed E-state index contributed by atoms with van der Waals surface area (Å²) < 4.78 is 7.77. The number of carboxylic acid groups (broad SMARTS) is 1. The monoisotopic (exact) mass is 328 g/mol. The molecule has 0 amide bonds. The van der Waals surface area contributed by atoms with Gasteiger partial charge < -0.3 is 14.4 Å². The predicted octanol–water partition coefficient (Wildman–Crippen LogP) is 2.58. The Bertz CT molecular complexity index is 769. The molecule has 0 aliphatic carbocycles. The lowest BCUT2D eigenvalue weighted by atomic mass is 9.74. The van der Waals surface area contributed by atoms with Crippen LogP contribution in [0.4, 0.5) is 0 Å². The number of aromatic nitrogens is 1. The number of fused-ring (bicyclic) bond motifs is 2. The third-order valence-corrected chi connectivity index (χ3v) is 5.79. The fourth-order valence-electron chi connectivity index (χ4n) is 4.41. The third kappa shape index (κ3) is 2.43. The number of benzene rings is 1. The number of ether oxygens (including phenoxy) is 1. The van der Waals surface area contributed by atoms with E-state index >= 15 is 0 Å². The number of nitrogens with zero attached hydrogens (tertiary/aromatic N) is 2. The average Bonchev–Trinajstić information content (AvgIpc) is 3.15. The summed E-state index contributed by atoms with van der Waals surface area (Å²) in [6.07, 6.45) is 2.75. The van der Waals surface area contributed by atoms with Gasteiger partial charge in [-0.1, -0.05) is 6.07 Å². The summed E-state index contributed by atoms with van der Waals surface area (Å²) in [4.78, 5) is 14.2. The normalized spacial score (nSPS) is 27.5. The maximum absolute atomic E-state index is 11.9. The van der Waals surface area contributed by atoms with E-state index in [4.69, 9.17) is 4.74 Å². The molecule has 0 saturated carbocycles. The highest BCUT2D eigenvalue weighted by Crippen LogP contribution is 2.42. The van der Waals surface area contributed by atoms with Crippen molar-refractivity contribution in [2.24, 2.45) is 11.3 Å². The van der Waals surface area contributed by atoms with Gasteiger partial charge >= 0.3 is 5.97 Å². The van der Waals surface area contributed by atoms with Gasteiger partial charge in [0.2, 0.25) is 0 Å². The lowest BCUT2D eigenvalue weighted by Crippen LogP contribution is -2.44. The second-order valence-electron chi connectivity index (χ2n) is 7.15. The minimum Gasteiger partial charge on any atom is -0.481 e. The van der Waals surface area contributed by atoms with E-state index in [1.54, 1.807) is 0 Å². The maximum atomic E-state index is 11.9. The van der Waals surface area contributed by atoms with Crippen molar-refractivity contribution in [3.05, 3.63) is 36.0 Å². The third-order valence-electron chi connectivity index (χ3n) is 5.79. The molecule has 5 nitrogen and oxygen atoms in total. The van der Waals surface area contributed by atoms with E-state index in [1.807, 2.05) is 0 Å². The van der Waals surface area contributed by atoms with Crippen LogP contribution in [0, 0.1) is 11.3 Å². The number of likely N-dealkylation sites (tertiary alicyclic amines) is 1. The smallest absolute Gasteiger partial charge is 0.311 e. The highest BCUT2D eigenvalue weighted by atomic mass is 16.5. The van der Waals surface area contributed by atoms with E-state index in [-0.39, 0.29) is 5.92 Å². The van der Waals surface area contributed by atoms with E-state index in [0.717, 1.165) is 19.6 Å². The number of hydrogen-bond donors (Lipinski definition) is 1. The first-order valence-electron chi connectivity index (χ1n) is 8.73. The van der Waals surface area contributed by atoms with Crippen LogP contribution in [0.1, 0.15) is 18.9 Å². The molecule has 1 aromatic carbocycles. The van der Waals surface area contributed by atoms with Crippen molar-refractivity contribution in [3.8, 4) is 0 Å². The first-order valence-corrected chi connectivity index (χ1v) is 8.73. The van der Waals surface area contributed by atoms with Crippen molar-refractivity contribution in [2.45, 2.75) is 26.4 Å². The fourth-order valence-corrected chi connectivity index (χ4v) is 4.41. The van der Waals surface area contributed by atoms with Crippen molar-refractivity contribution in [1.82, 2.24) is 9.47 Å². The van der Waals surface area contributed by atoms with Crippen molar-refractivity contribution in [2.75, 3.05) is 26.3 Å². The van der Waals surface area contributed by atoms with Crippen molar-refractivity contribution >= 4 is 16.9 Å². The van der Waals surface area contributed by atoms with Crippen LogP contribution in [0.15, 0.2) is 30.5 Å². The quantitative estimate of drug-likeness (QED) is 0.937. The van der Waals surface area contributed by atoms with Crippen LogP contribution < -0.4 is 0 Å². The van der Waals surface area contributed by atoms with E-state index in [1.165, 1.54) is 16.5 Å². The molecule has 2 aliphatic rings. The molecule has 0 unspecified atom stereocenters. The first-order chi connectivity index (χ1) is 11.6. The number of carboxylic acids is 1. The largest absolute Gasteiger partial charge is 0.481 e. The molecule has 2 atom stereocenters. The summed E-state index contributed by atoms with van der Waals surface area (Å²) in [5, 5.41) is 11.0. The summed E-state index contributed by atoms with van der Waals surface area (Å²) in [6.45, 7) is 6.49. The summed E-state index contributed by atoms with van der Waals surface area (Å²) in [7, 11) is 0. The van der Waals surface area contributed by atoms with E-state index in [0.29, 0.717) is 26.2 Å². The molecule has 4 rings (SSSR count). The molecule has 128 valence electrons. The zero-order chi connectivity index (χ0) is 16.7. The van der Waals surface area contributed by atoms with Gasteiger partial charge in [-0.2, -0.15) is 0 Å². The second-order valence-corrected chi connectivity index (χ2v) is 7.15. The molecule has 0 spiro atoms. The number of hydrogen-bond acceptors (Lipinski definition) is 3. The zero-order valence-electron chi connectivity index (χ0n) is 14.1. The Morgan fingerprint density at radius 3 is 3.04 bits per heavy atom. The van der Waals surface area contributed by atoms with Crippen molar-refractivity contribution in [1.29, 1.82) is 0 Å². The molecule has 24 heavy (non-hydrogen) atoms. The van der Waals surface area contributed by atoms with E-state index < -0.39 is 11.4 Å². The highest BCUT2D eigenvalue weighted by molar-refractivity contribution is 5.81. The Balaban J connectivity index is 1.54. The van der Waals surface area contributed by atoms with Crippen LogP contribution in [0.25, 0.3) is 10.9 Å². The molecule has 1 aromatic heterocycles. The topological polar surface area (TPSA) is 54.7 Å². The van der Waals surface area contributed by atoms with Crippen molar-refractivity contribution < 1.29 is 14.6 Å². The molecule has 5 heteroatoms. The van der Waals surface area contributed by atoms with Crippen LogP contribution >= 0.6 is 0 Å². The number of carbonyl (C=O) groups is 1. The molecule has 0 radical (unpaired) electrons. The summed E-state index contributed by atoms with van der Waals surface area (Å²) in [6, 6.07) is 8.72. The van der Waals surface area contributed by atoms with Gasteiger partial charge in [0.15, 0.2) is 0 Å². The average molecular weight is 328 g/mol. The Hall–Kier alpha value is -1.85. The van der Waals surface area contributed by atoms with Gasteiger partial charge in [0, 0.05) is 50.4 Å². The van der Waals surface area contributed by atoms with Gasteiger partial charge in [0.25, 0.3) is 0 Å². The van der Waals surface area contributed by atoms with Gasteiger partial charge in [-0.15, -0.1) is 0 Å². The molecule has 2 aromatic rings. The maximum Gasteiger partial charge on any atom is 0.311 e. The number of rotatable bonds is 4. The summed E-state index contributed by atoms with van der Waals surface area (Å²) >= 11 is 0. The molecule has 3 heterocycles. The van der Waals surface area contributed by atoms with Crippen LogP contribution in [0.3, 0.4) is 0 Å². The van der Waals surface area contributed by atoms with Crippen LogP contribution in [0.2, 0.25) is 0 Å². The van der Waals surface area contributed by atoms with Crippen LogP contribution in [-0.4, -0.2) is 46.8 Å². The zero-order valence-corrected chi connectivity index (χ0v) is 14.1. The molecule has 2 aliphatic heterocycles. The molecule has 2 saturated heterocycles. The predicted molar refractivity (Wildman–Crippen MR) is 91.9 cm³/mol. The van der Waals surface area contributed by atoms with Gasteiger partial charge in [0.1, 0.15) is 0 Å². The van der Waals surface area contributed by atoms with Gasteiger partial charge in [0.05, 0.1) is 12.0 Å². The minimum absolute atomic E-state index is 0.105.